The van der Waals surface area contributed by atoms with Crippen molar-refractivity contribution in [3.05, 3.63) is 83.3 Å². The molecule has 30 heavy (non-hydrogen) atoms. The number of furan rings is 1. The average Bonchev–Trinajstić information content (AvgIpc) is 3.15. The Labute approximate surface area is 172 Å². The first-order chi connectivity index (χ1) is 14.3. The van der Waals surface area contributed by atoms with Crippen LogP contribution in [-0.2, 0) is 4.74 Å². The number of ether oxygens (including phenoxy) is 1. The van der Waals surface area contributed by atoms with Gasteiger partial charge in [0.05, 0.1) is 22.1 Å². The Kier molecular flexibility index (Phi) is 5.98. The maximum Gasteiger partial charge on any atom is 0.357 e. The highest BCUT2D eigenvalue weighted by Crippen LogP contribution is 2.28. The van der Waals surface area contributed by atoms with Crippen LogP contribution >= 0.6 is 11.6 Å². The van der Waals surface area contributed by atoms with Crippen molar-refractivity contribution in [2.24, 2.45) is 0 Å². The lowest BCUT2D eigenvalue weighted by Gasteiger charge is -2.05. The van der Waals surface area contributed by atoms with Gasteiger partial charge in [0.1, 0.15) is 17.2 Å². The summed E-state index contributed by atoms with van der Waals surface area (Å²) < 4.78 is 10.6. The molecule has 1 aromatic carbocycles. The predicted octanol–water partition coefficient (Wildman–Crippen LogP) is 3.23. The predicted molar refractivity (Wildman–Crippen MR) is 108 cm³/mol. The van der Waals surface area contributed by atoms with E-state index in [9.17, 15) is 24.5 Å². The van der Waals surface area contributed by atoms with Gasteiger partial charge in [-0.2, -0.15) is 0 Å². The highest BCUT2D eigenvalue weighted by atomic mass is 35.5. The third-order valence-corrected chi connectivity index (χ3v) is 4.24. The smallest absolute Gasteiger partial charge is 0.357 e. The number of rotatable bonds is 6. The number of hydrogen-bond acceptors (Lipinski definition) is 7. The highest BCUT2D eigenvalue weighted by molar-refractivity contribution is 6.33. The van der Waals surface area contributed by atoms with Gasteiger partial charge in [-0.1, -0.05) is 11.6 Å². The van der Waals surface area contributed by atoms with Crippen LogP contribution in [0.2, 0.25) is 5.02 Å². The summed E-state index contributed by atoms with van der Waals surface area (Å²) in [5.74, 6) is 0.111. The minimum absolute atomic E-state index is 0.182. The summed E-state index contributed by atoms with van der Waals surface area (Å²) in [7, 11) is 0. The molecule has 154 valence electrons. The minimum atomic E-state index is -1.11. The number of carbonyl (C=O) groups is 1. The number of hydrogen-bond donors (Lipinski definition) is 2. The zero-order valence-electron chi connectivity index (χ0n) is 15.4. The number of esters is 1. The summed E-state index contributed by atoms with van der Waals surface area (Å²) in [6.45, 7) is 1.88. The van der Waals surface area contributed by atoms with Crippen molar-refractivity contribution in [2.75, 3.05) is 6.61 Å². The fourth-order valence-electron chi connectivity index (χ4n) is 2.61. The van der Waals surface area contributed by atoms with Gasteiger partial charge in [-0.15, -0.1) is 0 Å². The molecule has 0 saturated carbocycles. The number of benzene rings is 1. The monoisotopic (exact) mass is 431 g/mol. The SMILES string of the molecule is CCOC(=O)c1cc(-c2ccc(/C=C\c3[nH]c(=O)[nH]c(=O)c3[N+](=O)[O-])o2)ccc1Cl. The molecule has 3 rings (SSSR count). The van der Waals surface area contributed by atoms with E-state index in [4.69, 9.17) is 20.8 Å². The Balaban J connectivity index is 1.93. The number of aromatic amines is 2. The molecule has 2 aromatic heterocycles. The second-order valence-corrected chi connectivity index (χ2v) is 6.29. The largest absolute Gasteiger partial charge is 0.462 e. The Morgan fingerprint density at radius 2 is 2.00 bits per heavy atom. The maximum absolute atomic E-state index is 12.0. The maximum atomic E-state index is 12.0. The lowest BCUT2D eigenvalue weighted by atomic mass is 10.1. The molecule has 0 amide bonds. The van der Waals surface area contributed by atoms with Gasteiger partial charge >= 0.3 is 22.9 Å². The molecule has 0 bridgehead atoms. The number of nitro groups is 1. The first-order valence-electron chi connectivity index (χ1n) is 8.56. The summed E-state index contributed by atoms with van der Waals surface area (Å²) in [5.41, 5.74) is -2.33. The molecule has 0 radical (unpaired) electrons. The van der Waals surface area contributed by atoms with Crippen LogP contribution in [0, 0.1) is 10.1 Å². The van der Waals surface area contributed by atoms with Crippen molar-refractivity contribution in [3.63, 3.8) is 0 Å². The quantitative estimate of drug-likeness (QED) is 0.345. The van der Waals surface area contributed by atoms with E-state index in [0.717, 1.165) is 0 Å². The molecule has 2 heterocycles. The minimum Gasteiger partial charge on any atom is -0.462 e. The molecule has 0 aliphatic carbocycles. The fraction of sp³-hybridized carbons (Fsp3) is 0.105. The van der Waals surface area contributed by atoms with E-state index in [2.05, 4.69) is 4.98 Å². The standard InChI is InChI=1S/C19H14ClN3O7/c1-2-29-18(25)12-9-10(3-6-13(12)20)15-8-5-11(30-15)4-7-14-16(23(27)28)17(24)22-19(26)21-14/h3-9H,2H2,1H3,(H2,21,22,24,26)/b7-4-. The van der Waals surface area contributed by atoms with Gasteiger partial charge in [-0.05, 0) is 49.4 Å². The lowest BCUT2D eigenvalue weighted by Crippen LogP contribution is -2.25. The Hall–Kier alpha value is -3.92. The van der Waals surface area contributed by atoms with Crippen molar-refractivity contribution in [1.82, 2.24) is 9.97 Å². The third-order valence-electron chi connectivity index (χ3n) is 3.92. The van der Waals surface area contributed by atoms with Gasteiger partial charge in [0, 0.05) is 5.56 Å². The second kappa shape index (κ2) is 8.62. The van der Waals surface area contributed by atoms with Gasteiger partial charge < -0.3 is 14.1 Å². The van der Waals surface area contributed by atoms with E-state index in [-0.39, 0.29) is 28.6 Å². The third kappa shape index (κ3) is 4.39. The fourth-order valence-corrected chi connectivity index (χ4v) is 2.80. The van der Waals surface area contributed by atoms with Gasteiger partial charge in [0.25, 0.3) is 0 Å². The zero-order chi connectivity index (χ0) is 21.8. The summed E-state index contributed by atoms with van der Waals surface area (Å²) in [6.07, 6.45) is 2.53. The Morgan fingerprint density at radius 3 is 2.70 bits per heavy atom. The molecule has 0 atom stereocenters. The summed E-state index contributed by atoms with van der Waals surface area (Å²) in [5, 5.41) is 11.3. The highest BCUT2D eigenvalue weighted by Gasteiger charge is 2.19. The number of nitrogens with zero attached hydrogens (tertiary/aromatic N) is 1. The molecule has 0 aliphatic heterocycles. The van der Waals surface area contributed by atoms with Crippen molar-refractivity contribution >= 4 is 35.4 Å². The first-order valence-corrected chi connectivity index (χ1v) is 8.94. The van der Waals surface area contributed by atoms with Crippen LogP contribution in [0.1, 0.15) is 28.7 Å². The summed E-state index contributed by atoms with van der Waals surface area (Å²) in [4.78, 5) is 49.2. The first kappa shape index (κ1) is 20.8. The number of aromatic nitrogens is 2. The molecular formula is C19H14ClN3O7. The molecule has 2 N–H and O–H groups in total. The van der Waals surface area contributed by atoms with E-state index in [1.807, 2.05) is 0 Å². The molecule has 0 unspecified atom stereocenters. The van der Waals surface area contributed by atoms with Crippen LogP contribution in [0.4, 0.5) is 5.69 Å². The van der Waals surface area contributed by atoms with Crippen LogP contribution in [0.5, 0.6) is 0 Å². The number of nitrogens with one attached hydrogen (secondary N) is 2. The van der Waals surface area contributed by atoms with Crippen molar-refractivity contribution in [3.8, 4) is 11.3 Å². The normalized spacial score (nSPS) is 11.0. The van der Waals surface area contributed by atoms with Gasteiger partial charge in [-0.3, -0.25) is 19.9 Å². The van der Waals surface area contributed by atoms with Crippen LogP contribution in [0.25, 0.3) is 23.5 Å². The van der Waals surface area contributed by atoms with E-state index < -0.39 is 27.8 Å². The molecule has 0 fully saturated rings. The molecular weight excluding hydrogens is 418 g/mol. The van der Waals surface area contributed by atoms with Crippen LogP contribution in [-0.4, -0.2) is 27.5 Å². The number of H-pyrrole nitrogens is 2. The summed E-state index contributed by atoms with van der Waals surface area (Å²) >= 11 is 6.05. The van der Waals surface area contributed by atoms with Gasteiger partial charge in [-0.25, -0.2) is 9.59 Å². The summed E-state index contributed by atoms with van der Waals surface area (Å²) in [6, 6.07) is 7.89. The number of carbonyl (C=O) groups excluding carboxylic acids is 1. The van der Waals surface area contributed by atoms with Crippen LogP contribution in [0.15, 0.2) is 44.3 Å². The van der Waals surface area contributed by atoms with Crippen molar-refractivity contribution in [2.45, 2.75) is 6.92 Å². The van der Waals surface area contributed by atoms with E-state index in [1.165, 1.54) is 24.3 Å². The van der Waals surface area contributed by atoms with Gasteiger partial charge in [0.15, 0.2) is 0 Å². The molecule has 0 aliphatic rings. The molecule has 0 spiro atoms. The average molecular weight is 432 g/mol. The van der Waals surface area contributed by atoms with E-state index >= 15 is 0 Å². The molecule has 3 aromatic rings. The van der Waals surface area contributed by atoms with Crippen molar-refractivity contribution in [1.29, 1.82) is 0 Å². The number of halogens is 1. The van der Waals surface area contributed by atoms with E-state index in [1.54, 1.807) is 30.1 Å². The molecule has 11 heteroatoms. The second-order valence-electron chi connectivity index (χ2n) is 5.88. The molecule has 10 nitrogen and oxygen atoms in total. The Morgan fingerprint density at radius 1 is 1.23 bits per heavy atom. The molecule has 0 saturated heterocycles. The van der Waals surface area contributed by atoms with Gasteiger partial charge in [0.2, 0.25) is 0 Å². The zero-order valence-corrected chi connectivity index (χ0v) is 16.2. The van der Waals surface area contributed by atoms with Crippen LogP contribution in [0.3, 0.4) is 0 Å². The lowest BCUT2D eigenvalue weighted by molar-refractivity contribution is -0.386. The topological polar surface area (TPSA) is 148 Å². The van der Waals surface area contributed by atoms with Crippen molar-refractivity contribution < 1.29 is 18.9 Å². The Bertz CT molecular complexity index is 1270. The van der Waals surface area contributed by atoms with E-state index in [0.29, 0.717) is 11.3 Å². The van der Waals surface area contributed by atoms with Crippen LogP contribution < -0.4 is 11.2 Å².